The Morgan fingerprint density at radius 1 is 1.00 bits per heavy atom. The first-order valence-electron chi connectivity index (χ1n) is 10.7. The maximum Gasteiger partial charge on any atom is 0.243 e. The van der Waals surface area contributed by atoms with Gasteiger partial charge in [-0.3, -0.25) is 4.79 Å². The average molecular weight is 446 g/mol. The van der Waals surface area contributed by atoms with Crippen molar-refractivity contribution >= 4 is 27.3 Å². The van der Waals surface area contributed by atoms with Gasteiger partial charge in [0.05, 0.1) is 17.7 Å². The topological polar surface area (TPSA) is 79.0 Å². The third kappa shape index (κ3) is 5.19. The second-order valence-corrected chi connectivity index (χ2v) is 9.53. The lowest BCUT2D eigenvalue weighted by Gasteiger charge is -2.35. The van der Waals surface area contributed by atoms with Crippen molar-refractivity contribution in [2.24, 2.45) is 5.92 Å². The first-order chi connectivity index (χ1) is 14.9. The van der Waals surface area contributed by atoms with Crippen LogP contribution < -0.4 is 15.0 Å². The zero-order valence-corrected chi connectivity index (χ0v) is 19.2. The Morgan fingerprint density at radius 2 is 1.61 bits per heavy atom. The standard InChI is InChI=1S/C23H31N3O4S/c1-4-18(5-2)23(27)24-19-10-12-20(13-11-19)31(28,29)26-16-14-25(15-17-26)21-8-6-7-9-22(21)30-3/h6-13,18H,4-5,14-17H2,1-3H3,(H,24,27). The molecule has 0 saturated carbocycles. The predicted molar refractivity (Wildman–Crippen MR) is 123 cm³/mol. The molecule has 0 bridgehead atoms. The highest BCUT2D eigenvalue weighted by Gasteiger charge is 2.29. The quantitative estimate of drug-likeness (QED) is 0.672. The molecule has 7 nitrogen and oxygen atoms in total. The van der Waals surface area contributed by atoms with Gasteiger partial charge in [-0.25, -0.2) is 8.42 Å². The molecule has 1 aliphatic rings. The van der Waals surface area contributed by atoms with Crippen LogP contribution in [0, 0.1) is 5.92 Å². The number of anilines is 2. The van der Waals surface area contributed by atoms with Gasteiger partial charge in [0, 0.05) is 37.8 Å². The van der Waals surface area contributed by atoms with Gasteiger partial charge in [0.15, 0.2) is 0 Å². The molecule has 1 N–H and O–H groups in total. The molecule has 1 fully saturated rings. The Labute approximate surface area is 185 Å². The lowest BCUT2D eigenvalue weighted by molar-refractivity contribution is -0.120. The van der Waals surface area contributed by atoms with Crippen LogP contribution in [-0.4, -0.2) is 51.9 Å². The van der Waals surface area contributed by atoms with E-state index in [-0.39, 0.29) is 16.7 Å². The Kier molecular flexibility index (Phi) is 7.56. The summed E-state index contributed by atoms with van der Waals surface area (Å²) in [6, 6.07) is 14.2. The molecule has 168 valence electrons. The summed E-state index contributed by atoms with van der Waals surface area (Å²) in [5.74, 6) is 0.709. The van der Waals surface area contributed by atoms with Crippen LogP contribution in [0.1, 0.15) is 26.7 Å². The highest BCUT2D eigenvalue weighted by atomic mass is 32.2. The molecule has 8 heteroatoms. The Hall–Kier alpha value is -2.58. The fraction of sp³-hybridized carbons (Fsp3) is 0.435. The van der Waals surface area contributed by atoms with Gasteiger partial charge in [-0.05, 0) is 49.2 Å². The van der Waals surface area contributed by atoms with E-state index in [0.717, 1.165) is 24.3 Å². The molecular weight excluding hydrogens is 414 g/mol. The number of ether oxygens (including phenoxy) is 1. The lowest BCUT2D eigenvalue weighted by atomic mass is 10.0. The summed E-state index contributed by atoms with van der Waals surface area (Å²) in [6.45, 7) is 5.93. The molecule has 0 atom stereocenters. The second kappa shape index (κ2) is 10.2. The van der Waals surface area contributed by atoms with Crippen molar-refractivity contribution in [3.63, 3.8) is 0 Å². The largest absolute Gasteiger partial charge is 0.495 e. The van der Waals surface area contributed by atoms with Gasteiger partial charge in [-0.2, -0.15) is 4.31 Å². The Balaban J connectivity index is 1.65. The van der Waals surface area contributed by atoms with Crippen LogP contribution in [-0.2, 0) is 14.8 Å². The molecule has 31 heavy (non-hydrogen) atoms. The van der Waals surface area contributed by atoms with Crippen molar-refractivity contribution in [2.75, 3.05) is 43.5 Å². The predicted octanol–water partition coefficient (Wildman–Crippen LogP) is 3.58. The van der Waals surface area contributed by atoms with Crippen molar-refractivity contribution in [2.45, 2.75) is 31.6 Å². The van der Waals surface area contributed by atoms with Crippen LogP contribution in [0.4, 0.5) is 11.4 Å². The number of benzene rings is 2. The Bertz CT molecular complexity index is 980. The SMILES string of the molecule is CCC(CC)C(=O)Nc1ccc(S(=O)(=O)N2CCN(c3ccccc3OC)CC2)cc1. The highest BCUT2D eigenvalue weighted by Crippen LogP contribution is 2.29. The van der Waals surface area contributed by atoms with Crippen LogP contribution in [0.3, 0.4) is 0 Å². The summed E-state index contributed by atoms with van der Waals surface area (Å²) in [5, 5.41) is 2.87. The van der Waals surface area contributed by atoms with Gasteiger partial charge in [0.25, 0.3) is 0 Å². The lowest BCUT2D eigenvalue weighted by Crippen LogP contribution is -2.48. The van der Waals surface area contributed by atoms with Gasteiger partial charge in [0.2, 0.25) is 15.9 Å². The molecule has 2 aromatic rings. The number of sulfonamides is 1. The number of para-hydroxylation sites is 2. The summed E-state index contributed by atoms with van der Waals surface area (Å²) in [5.41, 5.74) is 1.58. The van der Waals surface area contributed by atoms with E-state index in [0.29, 0.717) is 31.9 Å². The number of piperazine rings is 1. The first-order valence-corrected chi connectivity index (χ1v) is 12.1. The fourth-order valence-electron chi connectivity index (χ4n) is 3.82. The maximum absolute atomic E-state index is 13.1. The van der Waals surface area contributed by atoms with Gasteiger partial charge in [-0.15, -0.1) is 0 Å². The van der Waals surface area contributed by atoms with Gasteiger partial charge in [0.1, 0.15) is 5.75 Å². The van der Waals surface area contributed by atoms with Crippen LogP contribution >= 0.6 is 0 Å². The zero-order chi connectivity index (χ0) is 22.4. The normalized spacial score (nSPS) is 15.2. The van der Waals surface area contributed by atoms with Gasteiger partial charge >= 0.3 is 0 Å². The summed E-state index contributed by atoms with van der Waals surface area (Å²) in [7, 11) is -1.96. The molecule has 1 aliphatic heterocycles. The smallest absolute Gasteiger partial charge is 0.243 e. The summed E-state index contributed by atoms with van der Waals surface area (Å²) in [6.07, 6.45) is 1.55. The van der Waals surface area contributed by atoms with Crippen molar-refractivity contribution in [3.05, 3.63) is 48.5 Å². The maximum atomic E-state index is 13.1. The Morgan fingerprint density at radius 3 is 2.19 bits per heavy atom. The molecule has 2 aromatic carbocycles. The van der Waals surface area contributed by atoms with E-state index < -0.39 is 10.0 Å². The van der Waals surface area contributed by atoms with E-state index in [2.05, 4.69) is 10.2 Å². The zero-order valence-electron chi connectivity index (χ0n) is 18.4. The fourth-order valence-corrected chi connectivity index (χ4v) is 5.25. The van der Waals surface area contributed by atoms with Crippen molar-refractivity contribution in [3.8, 4) is 5.75 Å². The average Bonchev–Trinajstić information content (AvgIpc) is 2.80. The summed E-state index contributed by atoms with van der Waals surface area (Å²) in [4.78, 5) is 14.6. The number of methoxy groups -OCH3 is 1. The molecule has 0 spiro atoms. The number of hydrogen-bond donors (Lipinski definition) is 1. The molecule has 1 heterocycles. The number of hydrogen-bond acceptors (Lipinski definition) is 5. The van der Waals surface area contributed by atoms with Crippen molar-refractivity contribution in [1.82, 2.24) is 4.31 Å². The first kappa shape index (κ1) is 23.1. The van der Waals surface area contributed by atoms with Gasteiger partial charge in [-0.1, -0.05) is 26.0 Å². The number of carbonyl (C=O) groups excluding carboxylic acids is 1. The molecule has 0 aliphatic carbocycles. The molecule has 3 rings (SSSR count). The number of nitrogens with zero attached hydrogens (tertiary/aromatic N) is 2. The van der Waals surface area contributed by atoms with Crippen LogP contribution in [0.15, 0.2) is 53.4 Å². The van der Waals surface area contributed by atoms with Crippen LogP contribution in [0.5, 0.6) is 5.75 Å². The minimum Gasteiger partial charge on any atom is -0.495 e. The van der Waals surface area contributed by atoms with Crippen LogP contribution in [0.2, 0.25) is 0 Å². The van der Waals surface area contributed by atoms with E-state index in [4.69, 9.17) is 4.74 Å². The van der Waals surface area contributed by atoms with Crippen molar-refractivity contribution < 1.29 is 17.9 Å². The van der Waals surface area contributed by atoms with E-state index >= 15 is 0 Å². The second-order valence-electron chi connectivity index (χ2n) is 7.59. The minimum absolute atomic E-state index is 0.0342. The summed E-state index contributed by atoms with van der Waals surface area (Å²) < 4.78 is 33.1. The number of nitrogens with one attached hydrogen (secondary N) is 1. The molecule has 1 saturated heterocycles. The summed E-state index contributed by atoms with van der Waals surface area (Å²) >= 11 is 0. The molecular formula is C23H31N3O4S. The number of carbonyl (C=O) groups is 1. The highest BCUT2D eigenvalue weighted by molar-refractivity contribution is 7.89. The van der Waals surface area contributed by atoms with E-state index in [1.165, 1.54) is 4.31 Å². The molecule has 1 amide bonds. The van der Waals surface area contributed by atoms with Gasteiger partial charge < -0.3 is 15.0 Å². The van der Waals surface area contributed by atoms with E-state index in [1.807, 2.05) is 38.1 Å². The van der Waals surface area contributed by atoms with Crippen LogP contribution in [0.25, 0.3) is 0 Å². The van der Waals surface area contributed by atoms with Crippen molar-refractivity contribution in [1.29, 1.82) is 0 Å². The molecule has 0 unspecified atom stereocenters. The number of rotatable bonds is 8. The van der Waals surface area contributed by atoms with E-state index in [1.54, 1.807) is 31.4 Å². The monoisotopic (exact) mass is 445 g/mol. The third-order valence-corrected chi connectivity index (χ3v) is 7.69. The minimum atomic E-state index is -3.59. The molecule has 0 radical (unpaired) electrons. The molecule has 0 aromatic heterocycles. The van der Waals surface area contributed by atoms with E-state index in [9.17, 15) is 13.2 Å². The third-order valence-electron chi connectivity index (χ3n) is 5.78. The number of amides is 1.